The molecule has 2 aliphatic rings. The minimum atomic E-state index is 0.865. The van der Waals surface area contributed by atoms with E-state index in [2.05, 4.69) is 18.7 Å². The van der Waals surface area contributed by atoms with Gasteiger partial charge in [-0.25, -0.2) is 0 Å². The topological polar surface area (TPSA) is 12.5 Å². The van der Waals surface area contributed by atoms with Gasteiger partial charge >= 0.3 is 0 Å². The zero-order chi connectivity index (χ0) is 12.1. The first-order valence-electron chi connectivity index (χ1n) is 7.63. The van der Waals surface area contributed by atoms with Crippen molar-refractivity contribution in [1.29, 1.82) is 0 Å². The summed E-state index contributed by atoms with van der Waals surface area (Å²) < 4.78 is 5.44. The van der Waals surface area contributed by atoms with Crippen LogP contribution in [0.1, 0.15) is 52.4 Å². The van der Waals surface area contributed by atoms with Crippen LogP contribution in [0.25, 0.3) is 0 Å². The molecule has 1 heterocycles. The Kier molecular flexibility index (Phi) is 5.30. The maximum absolute atomic E-state index is 5.44. The van der Waals surface area contributed by atoms with Crippen LogP contribution in [0, 0.1) is 11.8 Å². The van der Waals surface area contributed by atoms with Crippen LogP contribution in [0.15, 0.2) is 0 Å². The molecular weight excluding hydrogens is 210 g/mol. The number of morpholine rings is 1. The molecule has 0 radical (unpaired) electrons. The van der Waals surface area contributed by atoms with Gasteiger partial charge in [0.25, 0.3) is 0 Å². The van der Waals surface area contributed by atoms with Crippen molar-refractivity contribution in [3.63, 3.8) is 0 Å². The summed E-state index contributed by atoms with van der Waals surface area (Å²) in [6.07, 6.45) is 8.56. The van der Waals surface area contributed by atoms with Crippen LogP contribution in [0.5, 0.6) is 0 Å². The molecule has 0 aromatic rings. The zero-order valence-corrected chi connectivity index (χ0v) is 11.7. The summed E-state index contributed by atoms with van der Waals surface area (Å²) in [5.74, 6) is 1.96. The van der Waals surface area contributed by atoms with E-state index in [1.165, 1.54) is 51.6 Å². The van der Waals surface area contributed by atoms with Crippen LogP contribution >= 0.6 is 0 Å². The Bertz CT molecular complexity index is 205. The van der Waals surface area contributed by atoms with Crippen molar-refractivity contribution in [2.24, 2.45) is 11.8 Å². The van der Waals surface area contributed by atoms with Crippen molar-refractivity contribution < 1.29 is 4.74 Å². The summed E-state index contributed by atoms with van der Waals surface area (Å²) in [7, 11) is 0. The zero-order valence-electron chi connectivity index (χ0n) is 11.7. The minimum Gasteiger partial charge on any atom is -0.379 e. The number of nitrogens with zero attached hydrogens (tertiary/aromatic N) is 1. The van der Waals surface area contributed by atoms with Gasteiger partial charge < -0.3 is 4.74 Å². The van der Waals surface area contributed by atoms with Crippen LogP contribution < -0.4 is 0 Å². The Morgan fingerprint density at radius 2 is 1.76 bits per heavy atom. The first-order chi connectivity index (χ1) is 8.31. The highest BCUT2D eigenvalue weighted by Gasteiger charge is 2.28. The molecule has 17 heavy (non-hydrogen) atoms. The maximum atomic E-state index is 5.44. The molecule has 100 valence electrons. The van der Waals surface area contributed by atoms with Gasteiger partial charge in [-0.1, -0.05) is 26.7 Å². The highest BCUT2D eigenvalue weighted by molar-refractivity contribution is 4.82. The third-order valence-electron chi connectivity index (χ3n) is 4.85. The van der Waals surface area contributed by atoms with Crippen molar-refractivity contribution in [2.45, 2.75) is 58.4 Å². The summed E-state index contributed by atoms with van der Waals surface area (Å²) in [4.78, 5) is 2.67. The lowest BCUT2D eigenvalue weighted by Gasteiger charge is -2.40. The molecule has 1 saturated carbocycles. The second-order valence-corrected chi connectivity index (χ2v) is 5.98. The highest BCUT2D eigenvalue weighted by Crippen LogP contribution is 2.34. The smallest absolute Gasteiger partial charge is 0.0594 e. The molecule has 0 amide bonds. The van der Waals surface area contributed by atoms with Crippen molar-refractivity contribution in [2.75, 3.05) is 26.3 Å². The van der Waals surface area contributed by atoms with Gasteiger partial charge in [0, 0.05) is 19.1 Å². The molecular formula is C15H29NO. The van der Waals surface area contributed by atoms with E-state index >= 15 is 0 Å². The number of hydrogen-bond acceptors (Lipinski definition) is 2. The first kappa shape index (κ1) is 13.4. The third-order valence-corrected chi connectivity index (χ3v) is 4.85. The quantitative estimate of drug-likeness (QED) is 0.746. The van der Waals surface area contributed by atoms with Gasteiger partial charge in [-0.3, -0.25) is 4.90 Å². The van der Waals surface area contributed by atoms with E-state index in [0.29, 0.717) is 0 Å². The molecule has 1 aliphatic heterocycles. The van der Waals surface area contributed by atoms with Gasteiger partial charge in [-0.05, 0) is 37.5 Å². The fourth-order valence-electron chi connectivity index (χ4n) is 3.67. The van der Waals surface area contributed by atoms with Gasteiger partial charge in [-0.2, -0.15) is 0 Å². The fraction of sp³-hybridized carbons (Fsp3) is 1.00. The average Bonchev–Trinajstić information content (AvgIpc) is 2.40. The molecule has 0 spiro atoms. The fourth-order valence-corrected chi connectivity index (χ4v) is 3.67. The first-order valence-corrected chi connectivity index (χ1v) is 7.63. The van der Waals surface area contributed by atoms with Crippen LogP contribution in [-0.4, -0.2) is 37.2 Å². The Labute approximate surface area is 107 Å². The lowest BCUT2D eigenvalue weighted by molar-refractivity contribution is 0.00251. The maximum Gasteiger partial charge on any atom is 0.0594 e. The molecule has 0 bridgehead atoms. The molecule has 1 unspecified atom stereocenters. The average molecular weight is 239 g/mol. The van der Waals surface area contributed by atoms with Crippen molar-refractivity contribution in [1.82, 2.24) is 4.90 Å². The molecule has 1 saturated heterocycles. The molecule has 2 heteroatoms. The molecule has 2 rings (SSSR count). The van der Waals surface area contributed by atoms with E-state index in [1.54, 1.807) is 0 Å². The molecule has 2 fully saturated rings. The lowest BCUT2D eigenvalue weighted by atomic mass is 9.77. The molecule has 0 aromatic heterocycles. The Balaban J connectivity index is 1.73. The Morgan fingerprint density at radius 3 is 2.35 bits per heavy atom. The standard InChI is InChI=1S/C15H29NO/c1-3-4-13(2)14-5-7-15(8-6-14)16-9-11-17-12-10-16/h13-15H,3-12H2,1-2H3. The predicted octanol–water partition coefficient (Wildman–Crippen LogP) is 3.31. The molecule has 0 N–H and O–H groups in total. The van der Waals surface area contributed by atoms with E-state index in [9.17, 15) is 0 Å². The third kappa shape index (κ3) is 3.69. The van der Waals surface area contributed by atoms with Gasteiger partial charge in [-0.15, -0.1) is 0 Å². The van der Waals surface area contributed by atoms with Crippen molar-refractivity contribution >= 4 is 0 Å². The van der Waals surface area contributed by atoms with Gasteiger partial charge in [0.2, 0.25) is 0 Å². The van der Waals surface area contributed by atoms with Gasteiger partial charge in [0.15, 0.2) is 0 Å². The van der Waals surface area contributed by atoms with Crippen molar-refractivity contribution in [3.8, 4) is 0 Å². The second kappa shape index (κ2) is 6.75. The SMILES string of the molecule is CCCC(C)C1CCC(N2CCOCC2)CC1. The van der Waals surface area contributed by atoms with Gasteiger partial charge in [0.1, 0.15) is 0 Å². The van der Waals surface area contributed by atoms with Crippen molar-refractivity contribution in [3.05, 3.63) is 0 Å². The monoisotopic (exact) mass is 239 g/mol. The number of hydrogen-bond donors (Lipinski definition) is 0. The van der Waals surface area contributed by atoms with E-state index < -0.39 is 0 Å². The second-order valence-electron chi connectivity index (χ2n) is 5.98. The lowest BCUT2D eigenvalue weighted by Crippen LogP contribution is -2.45. The van der Waals surface area contributed by atoms with E-state index in [4.69, 9.17) is 4.74 Å². The molecule has 1 atom stereocenters. The summed E-state index contributed by atoms with van der Waals surface area (Å²) in [5.41, 5.74) is 0. The van der Waals surface area contributed by atoms with Crippen LogP contribution in [0.3, 0.4) is 0 Å². The normalized spacial score (nSPS) is 33.5. The summed E-state index contributed by atoms with van der Waals surface area (Å²) in [6, 6.07) is 0.865. The highest BCUT2D eigenvalue weighted by atomic mass is 16.5. The van der Waals surface area contributed by atoms with Crippen LogP contribution in [0.4, 0.5) is 0 Å². The summed E-state index contributed by atoms with van der Waals surface area (Å²) >= 11 is 0. The molecule has 2 nitrogen and oxygen atoms in total. The minimum absolute atomic E-state index is 0.865. The van der Waals surface area contributed by atoms with Gasteiger partial charge in [0.05, 0.1) is 13.2 Å². The Hall–Kier alpha value is -0.0800. The van der Waals surface area contributed by atoms with E-state index in [-0.39, 0.29) is 0 Å². The number of ether oxygens (including phenoxy) is 1. The van der Waals surface area contributed by atoms with E-state index in [0.717, 1.165) is 31.1 Å². The van der Waals surface area contributed by atoms with Crippen LogP contribution in [0.2, 0.25) is 0 Å². The molecule has 1 aliphatic carbocycles. The number of rotatable bonds is 4. The summed E-state index contributed by atoms with van der Waals surface area (Å²) in [5, 5.41) is 0. The molecule has 0 aromatic carbocycles. The Morgan fingerprint density at radius 1 is 1.12 bits per heavy atom. The van der Waals surface area contributed by atoms with Crippen LogP contribution in [-0.2, 0) is 4.74 Å². The van der Waals surface area contributed by atoms with E-state index in [1.807, 2.05) is 0 Å². The predicted molar refractivity (Wildman–Crippen MR) is 72.2 cm³/mol. The summed E-state index contributed by atoms with van der Waals surface area (Å²) in [6.45, 7) is 9.01. The largest absolute Gasteiger partial charge is 0.379 e.